The number of hydrogen-bond acceptors (Lipinski definition) is 9. The van der Waals surface area contributed by atoms with Crippen molar-refractivity contribution in [3.8, 4) is 0 Å². The highest BCUT2D eigenvalue weighted by Gasteiger charge is 2.25. The number of likely N-dealkylation sites (tertiary alicyclic amines) is 1. The van der Waals surface area contributed by atoms with E-state index in [4.69, 9.17) is 0 Å². The molecule has 11 nitrogen and oxygen atoms in total. The number of rotatable bonds is 12. The van der Waals surface area contributed by atoms with Crippen molar-refractivity contribution in [2.24, 2.45) is 5.92 Å². The lowest BCUT2D eigenvalue weighted by Gasteiger charge is -2.39. The molecule has 2 amide bonds. The van der Waals surface area contributed by atoms with Crippen LogP contribution >= 0.6 is 0 Å². The first-order chi connectivity index (χ1) is 19.4. The number of piperazine rings is 3. The summed E-state index contributed by atoms with van der Waals surface area (Å²) in [7, 11) is 5.91. The lowest BCUT2D eigenvalue weighted by molar-refractivity contribution is -0.133. The Labute approximate surface area is 243 Å². The minimum absolute atomic E-state index is 0.175. The van der Waals surface area contributed by atoms with Crippen LogP contribution in [0.15, 0.2) is 0 Å². The van der Waals surface area contributed by atoms with Crippen molar-refractivity contribution >= 4 is 11.8 Å². The van der Waals surface area contributed by atoms with Crippen LogP contribution in [0.1, 0.15) is 19.3 Å². The molecule has 0 saturated carbocycles. The molecule has 0 aromatic heterocycles. The number of piperidine rings is 1. The lowest BCUT2D eigenvalue weighted by atomic mass is 9.93. The van der Waals surface area contributed by atoms with Gasteiger partial charge in [0.1, 0.15) is 0 Å². The van der Waals surface area contributed by atoms with Crippen LogP contribution < -0.4 is 5.32 Å². The van der Waals surface area contributed by atoms with Crippen molar-refractivity contribution in [2.45, 2.75) is 19.3 Å². The van der Waals surface area contributed by atoms with E-state index in [0.717, 1.165) is 105 Å². The van der Waals surface area contributed by atoms with Crippen molar-refractivity contribution in [3.05, 3.63) is 0 Å². The molecule has 0 aliphatic carbocycles. The van der Waals surface area contributed by atoms with E-state index in [2.05, 4.69) is 46.7 Å². The van der Waals surface area contributed by atoms with E-state index in [9.17, 15) is 9.59 Å². The van der Waals surface area contributed by atoms with Crippen LogP contribution in [0.25, 0.3) is 0 Å². The summed E-state index contributed by atoms with van der Waals surface area (Å²) in [5.41, 5.74) is 0. The summed E-state index contributed by atoms with van der Waals surface area (Å²) >= 11 is 0. The highest BCUT2D eigenvalue weighted by atomic mass is 16.2. The molecule has 1 N–H and O–H groups in total. The van der Waals surface area contributed by atoms with Gasteiger partial charge in [-0.05, 0) is 38.9 Å². The summed E-state index contributed by atoms with van der Waals surface area (Å²) in [6.45, 7) is 21.1. The molecule has 0 unspecified atom stereocenters. The molecular formula is C29H57N9O2. The standard InChI is InChI=1S/C29H57N9O2/c1-30-28(39)24-27-4-6-33(7-5-27)12-13-36-18-22-38(23-19-36)26-32(3)29(40)25-37-20-16-35(17-21-37)15-14-34-10-8-31(2)9-11-34/h27H,4-26H2,1-3H3,(H,30,39). The number of hydrogen-bond donors (Lipinski definition) is 1. The van der Waals surface area contributed by atoms with Gasteiger partial charge in [0.2, 0.25) is 11.8 Å². The third-order valence-electron chi connectivity index (χ3n) is 9.65. The summed E-state index contributed by atoms with van der Waals surface area (Å²) < 4.78 is 0. The average Bonchev–Trinajstić information content (AvgIpc) is 2.98. The number of carbonyl (C=O) groups excluding carboxylic acids is 2. The molecule has 4 aliphatic heterocycles. The normalized spacial score (nSPS) is 24.4. The van der Waals surface area contributed by atoms with Crippen molar-refractivity contribution in [1.82, 2.24) is 44.5 Å². The van der Waals surface area contributed by atoms with Crippen LogP contribution in [-0.4, -0.2) is 203 Å². The minimum Gasteiger partial charge on any atom is -0.359 e. The number of likely N-dealkylation sites (N-methyl/N-ethyl adjacent to an activating group) is 2. The molecular weight excluding hydrogens is 506 g/mol. The zero-order valence-electron chi connectivity index (χ0n) is 25.7. The van der Waals surface area contributed by atoms with Gasteiger partial charge in [-0.1, -0.05) is 0 Å². The molecule has 230 valence electrons. The third-order valence-corrected chi connectivity index (χ3v) is 9.65. The van der Waals surface area contributed by atoms with Crippen LogP contribution in [0.5, 0.6) is 0 Å². The fraction of sp³-hybridized carbons (Fsp3) is 0.931. The molecule has 0 radical (unpaired) electrons. The Bertz CT molecular complexity index is 755. The Morgan fingerprint density at radius 1 is 0.650 bits per heavy atom. The van der Waals surface area contributed by atoms with Gasteiger partial charge in [0.15, 0.2) is 0 Å². The quantitative estimate of drug-likeness (QED) is 0.313. The Kier molecular flexibility index (Phi) is 12.9. The molecule has 4 rings (SSSR count). The molecule has 0 bridgehead atoms. The van der Waals surface area contributed by atoms with Crippen molar-refractivity contribution in [3.63, 3.8) is 0 Å². The summed E-state index contributed by atoms with van der Waals surface area (Å²) in [6.07, 6.45) is 2.94. The number of nitrogens with one attached hydrogen (secondary N) is 1. The van der Waals surface area contributed by atoms with Gasteiger partial charge in [0.25, 0.3) is 0 Å². The SMILES string of the molecule is CNC(=O)CC1CCN(CCN2CCN(CN(C)C(=O)CN3CCN(CCN4CCN(C)CC4)CC3)CC2)CC1. The van der Waals surface area contributed by atoms with E-state index in [-0.39, 0.29) is 11.8 Å². The first kappa shape index (κ1) is 31.6. The smallest absolute Gasteiger partial charge is 0.237 e. The van der Waals surface area contributed by atoms with Gasteiger partial charge in [-0.15, -0.1) is 0 Å². The van der Waals surface area contributed by atoms with E-state index in [1.54, 1.807) is 7.05 Å². The highest BCUT2D eigenvalue weighted by molar-refractivity contribution is 5.78. The molecule has 0 aromatic rings. The largest absolute Gasteiger partial charge is 0.359 e. The molecule has 0 aromatic carbocycles. The second-order valence-corrected chi connectivity index (χ2v) is 12.6. The van der Waals surface area contributed by atoms with Crippen LogP contribution in [0, 0.1) is 5.92 Å². The molecule has 40 heavy (non-hydrogen) atoms. The summed E-state index contributed by atoms with van der Waals surface area (Å²) in [5, 5.41) is 2.76. The van der Waals surface area contributed by atoms with Crippen LogP contribution in [0.3, 0.4) is 0 Å². The van der Waals surface area contributed by atoms with Gasteiger partial charge in [-0.3, -0.25) is 34.1 Å². The highest BCUT2D eigenvalue weighted by Crippen LogP contribution is 2.20. The average molecular weight is 564 g/mol. The Balaban J connectivity index is 1.03. The number of carbonyl (C=O) groups is 2. The summed E-state index contributed by atoms with van der Waals surface area (Å²) in [6, 6.07) is 0. The first-order valence-corrected chi connectivity index (χ1v) is 15.8. The summed E-state index contributed by atoms with van der Waals surface area (Å²) in [4.78, 5) is 44.0. The zero-order valence-corrected chi connectivity index (χ0v) is 25.7. The van der Waals surface area contributed by atoms with Crippen molar-refractivity contribution in [1.29, 1.82) is 0 Å². The second-order valence-electron chi connectivity index (χ2n) is 12.6. The Morgan fingerprint density at radius 3 is 1.57 bits per heavy atom. The predicted octanol–water partition coefficient (Wildman–Crippen LogP) is -1.27. The molecule has 4 aliphatic rings. The van der Waals surface area contributed by atoms with Gasteiger partial charge in [0.05, 0.1) is 13.2 Å². The fourth-order valence-corrected chi connectivity index (χ4v) is 6.43. The number of amides is 2. The maximum absolute atomic E-state index is 13.0. The maximum Gasteiger partial charge on any atom is 0.237 e. The van der Waals surface area contributed by atoms with Crippen LogP contribution in [0.4, 0.5) is 0 Å². The Morgan fingerprint density at radius 2 is 1.07 bits per heavy atom. The fourth-order valence-electron chi connectivity index (χ4n) is 6.43. The minimum atomic E-state index is 0.175. The maximum atomic E-state index is 13.0. The van der Waals surface area contributed by atoms with Crippen LogP contribution in [0.2, 0.25) is 0 Å². The molecule has 4 heterocycles. The van der Waals surface area contributed by atoms with E-state index in [1.807, 2.05) is 11.9 Å². The van der Waals surface area contributed by atoms with Crippen LogP contribution in [-0.2, 0) is 9.59 Å². The molecule has 11 heteroatoms. The monoisotopic (exact) mass is 563 g/mol. The predicted molar refractivity (Wildman–Crippen MR) is 160 cm³/mol. The van der Waals surface area contributed by atoms with Gasteiger partial charge in [-0.25, -0.2) is 0 Å². The molecule has 0 spiro atoms. The van der Waals surface area contributed by atoms with Crippen molar-refractivity contribution in [2.75, 3.05) is 152 Å². The van der Waals surface area contributed by atoms with E-state index in [0.29, 0.717) is 18.9 Å². The molecule has 4 fully saturated rings. The van der Waals surface area contributed by atoms with E-state index in [1.165, 1.54) is 32.7 Å². The summed E-state index contributed by atoms with van der Waals surface area (Å²) in [5.74, 6) is 0.962. The van der Waals surface area contributed by atoms with Gasteiger partial charge in [-0.2, -0.15) is 0 Å². The molecule has 4 saturated heterocycles. The van der Waals surface area contributed by atoms with Gasteiger partial charge in [0, 0.05) is 125 Å². The van der Waals surface area contributed by atoms with Gasteiger partial charge < -0.3 is 20.0 Å². The lowest BCUT2D eigenvalue weighted by Crippen LogP contribution is -2.54. The van der Waals surface area contributed by atoms with Gasteiger partial charge >= 0.3 is 0 Å². The topological polar surface area (TPSA) is 72.1 Å². The van der Waals surface area contributed by atoms with E-state index >= 15 is 0 Å². The van der Waals surface area contributed by atoms with Crippen molar-refractivity contribution < 1.29 is 9.59 Å². The Hall–Kier alpha value is -1.34. The van der Waals surface area contributed by atoms with E-state index < -0.39 is 0 Å². The second kappa shape index (κ2) is 16.3. The number of nitrogens with zero attached hydrogens (tertiary/aromatic N) is 8. The first-order valence-electron chi connectivity index (χ1n) is 15.8. The molecule has 0 atom stereocenters. The third kappa shape index (κ3) is 10.5. The zero-order chi connectivity index (χ0) is 28.3.